The van der Waals surface area contributed by atoms with E-state index in [0.29, 0.717) is 6.04 Å². The molecule has 0 aliphatic carbocycles. The van der Waals surface area contributed by atoms with Gasteiger partial charge in [-0.3, -0.25) is 9.69 Å². The first-order valence-electron chi connectivity index (χ1n) is 5.37. The molecular weight excluding hydrogens is 176 g/mol. The highest BCUT2D eigenvalue weighted by Gasteiger charge is 2.39. The lowest BCUT2D eigenvalue weighted by atomic mass is 9.83. The first-order valence-corrected chi connectivity index (χ1v) is 5.37. The van der Waals surface area contributed by atoms with Crippen molar-refractivity contribution in [2.45, 2.75) is 46.7 Å². The number of hydrogen-bond donors (Lipinski definition) is 1. The fourth-order valence-electron chi connectivity index (χ4n) is 2.13. The highest BCUT2D eigenvalue weighted by atomic mass is 16.2. The van der Waals surface area contributed by atoms with Crippen molar-refractivity contribution in [1.82, 2.24) is 10.2 Å². The molecule has 0 spiro atoms. The topological polar surface area (TPSA) is 32.3 Å². The molecule has 0 aromatic rings. The maximum Gasteiger partial charge on any atom is 0.237 e. The number of hydrogen-bond acceptors (Lipinski definition) is 2. The fourth-order valence-corrected chi connectivity index (χ4v) is 2.13. The van der Waals surface area contributed by atoms with E-state index in [1.807, 2.05) is 0 Å². The zero-order valence-corrected chi connectivity index (χ0v) is 9.92. The Morgan fingerprint density at radius 3 is 2.36 bits per heavy atom. The molecule has 1 rings (SSSR count). The molecule has 0 bridgehead atoms. The van der Waals surface area contributed by atoms with Gasteiger partial charge in [0.15, 0.2) is 0 Å². The molecule has 1 fully saturated rings. The quantitative estimate of drug-likeness (QED) is 0.687. The van der Waals surface area contributed by atoms with E-state index in [9.17, 15) is 4.79 Å². The molecule has 3 heteroatoms. The lowest BCUT2D eigenvalue weighted by Crippen LogP contribution is -2.61. The van der Waals surface area contributed by atoms with Gasteiger partial charge < -0.3 is 5.32 Å². The Labute approximate surface area is 86.9 Å². The number of nitrogens with one attached hydrogen (secondary N) is 1. The predicted octanol–water partition coefficient (Wildman–Crippen LogP) is 1.24. The summed E-state index contributed by atoms with van der Waals surface area (Å²) in [6.45, 7) is 12.4. The smallest absolute Gasteiger partial charge is 0.237 e. The predicted molar refractivity (Wildman–Crippen MR) is 58.1 cm³/mol. The first-order chi connectivity index (χ1) is 6.34. The molecule has 0 aromatic heterocycles. The molecule has 1 aliphatic rings. The Morgan fingerprint density at radius 2 is 2.00 bits per heavy atom. The van der Waals surface area contributed by atoms with Gasteiger partial charge >= 0.3 is 0 Å². The fraction of sp³-hybridized carbons (Fsp3) is 0.909. The molecule has 1 amide bonds. The van der Waals surface area contributed by atoms with Crippen LogP contribution in [0.1, 0.15) is 34.6 Å². The summed E-state index contributed by atoms with van der Waals surface area (Å²) in [5.74, 6) is 0.178. The van der Waals surface area contributed by atoms with Crippen LogP contribution in [0.5, 0.6) is 0 Å². The van der Waals surface area contributed by atoms with Crippen LogP contribution in [0.4, 0.5) is 0 Å². The molecule has 1 aliphatic heterocycles. The molecule has 1 N–H and O–H groups in total. The van der Waals surface area contributed by atoms with Gasteiger partial charge in [0, 0.05) is 19.1 Å². The Kier molecular flexibility index (Phi) is 3.20. The molecule has 3 nitrogen and oxygen atoms in total. The highest BCUT2D eigenvalue weighted by Crippen LogP contribution is 2.27. The van der Waals surface area contributed by atoms with E-state index in [-0.39, 0.29) is 17.4 Å². The van der Waals surface area contributed by atoms with E-state index in [1.54, 1.807) is 0 Å². The van der Waals surface area contributed by atoms with Crippen LogP contribution in [0.3, 0.4) is 0 Å². The van der Waals surface area contributed by atoms with Crippen molar-refractivity contribution in [3.63, 3.8) is 0 Å². The average molecular weight is 198 g/mol. The van der Waals surface area contributed by atoms with Crippen molar-refractivity contribution in [2.24, 2.45) is 5.41 Å². The monoisotopic (exact) mass is 198 g/mol. The van der Waals surface area contributed by atoms with Crippen LogP contribution in [-0.4, -0.2) is 36.0 Å². The number of rotatable bonds is 1. The second-order valence-corrected chi connectivity index (χ2v) is 5.39. The van der Waals surface area contributed by atoms with Gasteiger partial charge in [-0.25, -0.2) is 0 Å². The van der Waals surface area contributed by atoms with E-state index in [4.69, 9.17) is 0 Å². The minimum absolute atomic E-state index is 0.00870. The summed E-state index contributed by atoms with van der Waals surface area (Å²) in [5.41, 5.74) is 0.00870. The standard InChI is InChI=1S/C11H22N2O/c1-8(2)13-7-6-12-10(14)9(13)11(3,4)5/h8-9H,6-7H2,1-5H3,(H,12,14)/t9-/m1/s1. The minimum Gasteiger partial charge on any atom is -0.353 e. The number of carbonyl (C=O) groups is 1. The average Bonchev–Trinajstić information content (AvgIpc) is 2.01. The Bertz CT molecular complexity index is 218. The lowest BCUT2D eigenvalue weighted by Gasteiger charge is -2.44. The van der Waals surface area contributed by atoms with Crippen LogP contribution in [0.25, 0.3) is 0 Å². The Hall–Kier alpha value is -0.570. The Morgan fingerprint density at radius 1 is 1.43 bits per heavy atom. The largest absolute Gasteiger partial charge is 0.353 e. The normalized spacial score (nSPS) is 25.3. The van der Waals surface area contributed by atoms with Crippen LogP contribution >= 0.6 is 0 Å². The summed E-state index contributed by atoms with van der Waals surface area (Å²) >= 11 is 0. The van der Waals surface area contributed by atoms with Gasteiger partial charge in [-0.1, -0.05) is 20.8 Å². The van der Waals surface area contributed by atoms with Crippen molar-refractivity contribution < 1.29 is 4.79 Å². The number of carbonyl (C=O) groups excluding carboxylic acids is 1. The third-order valence-corrected chi connectivity index (χ3v) is 2.73. The maximum atomic E-state index is 11.8. The summed E-state index contributed by atoms with van der Waals surface area (Å²) in [6.07, 6.45) is 0. The summed E-state index contributed by atoms with van der Waals surface area (Å²) in [7, 11) is 0. The van der Waals surface area contributed by atoms with Gasteiger partial charge in [0.2, 0.25) is 5.91 Å². The van der Waals surface area contributed by atoms with Crippen LogP contribution < -0.4 is 5.32 Å². The molecule has 0 unspecified atom stereocenters. The third kappa shape index (κ3) is 2.27. The summed E-state index contributed by atoms with van der Waals surface area (Å²) in [4.78, 5) is 14.1. The number of amides is 1. The van der Waals surface area contributed by atoms with E-state index >= 15 is 0 Å². The van der Waals surface area contributed by atoms with E-state index in [1.165, 1.54) is 0 Å². The van der Waals surface area contributed by atoms with Crippen molar-refractivity contribution in [1.29, 1.82) is 0 Å². The summed E-state index contributed by atoms with van der Waals surface area (Å²) < 4.78 is 0. The number of nitrogens with zero attached hydrogens (tertiary/aromatic N) is 1. The van der Waals surface area contributed by atoms with Crippen molar-refractivity contribution in [3.05, 3.63) is 0 Å². The van der Waals surface area contributed by atoms with Gasteiger partial charge in [0.1, 0.15) is 0 Å². The van der Waals surface area contributed by atoms with E-state index in [0.717, 1.165) is 13.1 Å². The van der Waals surface area contributed by atoms with Crippen LogP contribution in [0, 0.1) is 5.41 Å². The van der Waals surface area contributed by atoms with Crippen molar-refractivity contribution in [2.75, 3.05) is 13.1 Å². The summed E-state index contributed by atoms with van der Waals surface area (Å²) in [6, 6.07) is 0.446. The molecule has 1 heterocycles. The zero-order chi connectivity index (χ0) is 10.9. The number of piperazine rings is 1. The molecule has 14 heavy (non-hydrogen) atoms. The molecular formula is C11H22N2O. The molecule has 1 atom stereocenters. The SMILES string of the molecule is CC(C)N1CCNC(=O)[C@@H]1C(C)(C)C. The van der Waals surface area contributed by atoms with Gasteiger partial charge in [0.25, 0.3) is 0 Å². The molecule has 0 radical (unpaired) electrons. The van der Waals surface area contributed by atoms with E-state index < -0.39 is 0 Å². The van der Waals surface area contributed by atoms with Crippen molar-refractivity contribution >= 4 is 5.91 Å². The second kappa shape index (κ2) is 3.89. The Balaban J connectivity index is 2.87. The van der Waals surface area contributed by atoms with Gasteiger partial charge in [-0.05, 0) is 19.3 Å². The molecule has 0 saturated carbocycles. The zero-order valence-electron chi connectivity index (χ0n) is 9.92. The molecule has 1 saturated heterocycles. The maximum absolute atomic E-state index is 11.8. The van der Waals surface area contributed by atoms with E-state index in [2.05, 4.69) is 44.8 Å². The molecule has 82 valence electrons. The first kappa shape index (κ1) is 11.5. The third-order valence-electron chi connectivity index (χ3n) is 2.73. The van der Waals surface area contributed by atoms with Gasteiger partial charge in [0.05, 0.1) is 6.04 Å². The summed E-state index contributed by atoms with van der Waals surface area (Å²) in [5, 5.41) is 2.94. The van der Waals surface area contributed by atoms with Crippen molar-refractivity contribution in [3.8, 4) is 0 Å². The van der Waals surface area contributed by atoms with Gasteiger partial charge in [-0.15, -0.1) is 0 Å². The van der Waals surface area contributed by atoms with Crippen LogP contribution in [-0.2, 0) is 4.79 Å². The second-order valence-electron chi connectivity index (χ2n) is 5.39. The van der Waals surface area contributed by atoms with Crippen LogP contribution in [0.2, 0.25) is 0 Å². The van der Waals surface area contributed by atoms with Crippen LogP contribution in [0.15, 0.2) is 0 Å². The lowest BCUT2D eigenvalue weighted by molar-refractivity contribution is -0.134. The molecule has 0 aromatic carbocycles. The minimum atomic E-state index is 0.00870. The highest BCUT2D eigenvalue weighted by molar-refractivity contribution is 5.83. The van der Waals surface area contributed by atoms with Gasteiger partial charge in [-0.2, -0.15) is 0 Å².